The van der Waals surface area contributed by atoms with Crippen molar-refractivity contribution in [3.8, 4) is 0 Å². The van der Waals surface area contributed by atoms with Crippen LogP contribution >= 0.6 is 0 Å². The molecule has 10 heteroatoms. The Balaban J connectivity index is 1.69. The zero-order chi connectivity index (χ0) is 20.3. The predicted octanol–water partition coefficient (Wildman–Crippen LogP) is 0.490. The van der Waals surface area contributed by atoms with E-state index in [1.165, 1.54) is 6.26 Å². The molecule has 1 unspecified atom stereocenters. The van der Waals surface area contributed by atoms with Crippen molar-refractivity contribution >= 4 is 15.9 Å². The van der Waals surface area contributed by atoms with Gasteiger partial charge in [-0.15, -0.1) is 0 Å². The van der Waals surface area contributed by atoms with Crippen LogP contribution < -0.4 is 0 Å². The Kier molecular flexibility index (Phi) is 6.74. The molecule has 28 heavy (non-hydrogen) atoms. The SMILES string of the molecule is Cc1noc(C)c1C(=O)N1CCCC(N(CCN2CCOCC2)S(C)(=O)=O)C1. The molecule has 2 aliphatic rings. The summed E-state index contributed by atoms with van der Waals surface area (Å²) in [6, 6.07) is -0.214. The number of sulfonamides is 1. The van der Waals surface area contributed by atoms with Crippen LogP contribution in [-0.2, 0) is 14.8 Å². The summed E-state index contributed by atoms with van der Waals surface area (Å²) in [5.41, 5.74) is 1.05. The lowest BCUT2D eigenvalue weighted by atomic mass is 10.0. The van der Waals surface area contributed by atoms with Gasteiger partial charge in [-0.3, -0.25) is 9.69 Å². The first kappa shape index (κ1) is 21.2. The summed E-state index contributed by atoms with van der Waals surface area (Å²) in [6.45, 7) is 8.57. The van der Waals surface area contributed by atoms with E-state index in [9.17, 15) is 13.2 Å². The number of hydrogen-bond acceptors (Lipinski definition) is 7. The van der Waals surface area contributed by atoms with E-state index >= 15 is 0 Å². The lowest BCUT2D eigenvalue weighted by Gasteiger charge is -2.39. The van der Waals surface area contributed by atoms with E-state index in [1.54, 1.807) is 23.1 Å². The Labute approximate surface area is 166 Å². The summed E-state index contributed by atoms with van der Waals surface area (Å²) in [5.74, 6) is 0.361. The number of amides is 1. The maximum Gasteiger partial charge on any atom is 0.259 e. The maximum absolute atomic E-state index is 13.0. The second-order valence-corrected chi connectivity index (χ2v) is 9.51. The number of likely N-dealkylation sites (tertiary alicyclic amines) is 1. The van der Waals surface area contributed by atoms with Crippen LogP contribution in [0.15, 0.2) is 4.52 Å². The molecule has 1 aromatic rings. The van der Waals surface area contributed by atoms with E-state index in [0.717, 1.165) is 25.9 Å². The maximum atomic E-state index is 13.0. The highest BCUT2D eigenvalue weighted by Gasteiger charge is 2.34. The Morgan fingerprint density at radius 1 is 1.25 bits per heavy atom. The van der Waals surface area contributed by atoms with Gasteiger partial charge in [0.25, 0.3) is 5.91 Å². The fraction of sp³-hybridized carbons (Fsp3) is 0.778. The number of piperidine rings is 1. The fourth-order valence-electron chi connectivity index (χ4n) is 4.00. The minimum Gasteiger partial charge on any atom is -0.379 e. The minimum absolute atomic E-state index is 0.136. The van der Waals surface area contributed by atoms with E-state index in [1.807, 2.05) is 0 Å². The highest BCUT2D eigenvalue weighted by Crippen LogP contribution is 2.22. The molecule has 0 bridgehead atoms. The third kappa shape index (κ3) is 4.91. The number of ether oxygens (including phenoxy) is 1. The molecular formula is C18H30N4O5S. The van der Waals surface area contributed by atoms with Gasteiger partial charge >= 0.3 is 0 Å². The molecule has 0 aromatic carbocycles. The molecule has 0 saturated carbocycles. The molecule has 1 amide bonds. The van der Waals surface area contributed by atoms with Crippen molar-refractivity contribution < 1.29 is 22.5 Å². The molecule has 0 aliphatic carbocycles. The van der Waals surface area contributed by atoms with Gasteiger partial charge in [0.05, 0.1) is 25.2 Å². The van der Waals surface area contributed by atoms with Gasteiger partial charge in [-0.1, -0.05) is 5.16 Å². The molecule has 2 fully saturated rings. The highest BCUT2D eigenvalue weighted by molar-refractivity contribution is 7.88. The second-order valence-electron chi connectivity index (χ2n) is 7.57. The predicted molar refractivity (Wildman–Crippen MR) is 104 cm³/mol. The van der Waals surface area contributed by atoms with Gasteiger partial charge < -0.3 is 14.2 Å². The third-order valence-electron chi connectivity index (χ3n) is 5.50. The number of morpholine rings is 1. The number of aryl methyl sites for hydroxylation is 2. The molecule has 2 aliphatic heterocycles. The quantitative estimate of drug-likeness (QED) is 0.668. The van der Waals surface area contributed by atoms with E-state index in [2.05, 4.69) is 10.1 Å². The van der Waals surface area contributed by atoms with Gasteiger partial charge in [0.1, 0.15) is 11.3 Å². The smallest absolute Gasteiger partial charge is 0.259 e. The van der Waals surface area contributed by atoms with Crippen molar-refractivity contribution in [1.82, 2.24) is 19.3 Å². The minimum atomic E-state index is -3.38. The average Bonchev–Trinajstić information content (AvgIpc) is 3.00. The first-order valence-electron chi connectivity index (χ1n) is 9.76. The standard InChI is InChI=1S/C18H30N4O5S/c1-14-17(15(2)27-19-14)18(23)21-6-4-5-16(13-21)22(28(3,24)25)8-7-20-9-11-26-12-10-20/h16H,4-13H2,1-3H3. The normalized spacial score (nSPS) is 22.0. The molecule has 0 spiro atoms. The number of hydrogen-bond donors (Lipinski definition) is 0. The Bertz CT molecular complexity index is 768. The van der Waals surface area contributed by atoms with Crippen LogP contribution in [0.4, 0.5) is 0 Å². The van der Waals surface area contributed by atoms with E-state index in [4.69, 9.17) is 9.26 Å². The van der Waals surface area contributed by atoms with Gasteiger partial charge in [0.15, 0.2) is 0 Å². The van der Waals surface area contributed by atoms with Crippen LogP contribution in [0.2, 0.25) is 0 Å². The molecule has 0 N–H and O–H groups in total. The molecule has 1 aromatic heterocycles. The zero-order valence-electron chi connectivity index (χ0n) is 16.9. The van der Waals surface area contributed by atoms with Gasteiger partial charge in [-0.05, 0) is 26.7 Å². The lowest BCUT2D eigenvalue weighted by Crippen LogP contribution is -2.53. The van der Waals surface area contributed by atoms with Crippen molar-refractivity contribution in [1.29, 1.82) is 0 Å². The summed E-state index contributed by atoms with van der Waals surface area (Å²) >= 11 is 0. The summed E-state index contributed by atoms with van der Waals surface area (Å²) in [7, 11) is -3.38. The van der Waals surface area contributed by atoms with Crippen LogP contribution in [-0.4, -0.2) is 98.4 Å². The lowest BCUT2D eigenvalue weighted by molar-refractivity contribution is 0.0334. The van der Waals surface area contributed by atoms with Crippen LogP contribution in [0, 0.1) is 13.8 Å². The van der Waals surface area contributed by atoms with Crippen LogP contribution in [0.1, 0.15) is 34.7 Å². The number of rotatable bonds is 6. The average molecular weight is 415 g/mol. The summed E-state index contributed by atoms with van der Waals surface area (Å²) < 4.78 is 37.0. The molecule has 1 atom stereocenters. The number of carbonyl (C=O) groups excluding carboxylic acids is 1. The van der Waals surface area contributed by atoms with Crippen molar-refractivity contribution in [2.24, 2.45) is 0 Å². The van der Waals surface area contributed by atoms with E-state index in [-0.39, 0.29) is 11.9 Å². The van der Waals surface area contributed by atoms with Crippen molar-refractivity contribution in [3.63, 3.8) is 0 Å². The van der Waals surface area contributed by atoms with E-state index < -0.39 is 10.0 Å². The molecule has 0 radical (unpaired) electrons. The number of nitrogens with zero attached hydrogens (tertiary/aromatic N) is 4. The van der Waals surface area contributed by atoms with Gasteiger partial charge in [0.2, 0.25) is 10.0 Å². The van der Waals surface area contributed by atoms with Crippen LogP contribution in [0.5, 0.6) is 0 Å². The Hall–Kier alpha value is -1.49. The Morgan fingerprint density at radius 3 is 2.57 bits per heavy atom. The third-order valence-corrected chi connectivity index (χ3v) is 6.84. The zero-order valence-corrected chi connectivity index (χ0v) is 17.7. The first-order valence-corrected chi connectivity index (χ1v) is 11.6. The molecule has 158 valence electrons. The highest BCUT2D eigenvalue weighted by atomic mass is 32.2. The Morgan fingerprint density at radius 2 is 1.96 bits per heavy atom. The molecule has 9 nitrogen and oxygen atoms in total. The fourth-order valence-corrected chi connectivity index (χ4v) is 5.13. The van der Waals surface area contributed by atoms with E-state index in [0.29, 0.717) is 56.4 Å². The largest absolute Gasteiger partial charge is 0.379 e. The number of carbonyl (C=O) groups is 1. The molecule has 3 heterocycles. The molecular weight excluding hydrogens is 384 g/mol. The summed E-state index contributed by atoms with van der Waals surface area (Å²) in [4.78, 5) is 16.9. The van der Waals surface area contributed by atoms with Crippen molar-refractivity contribution in [3.05, 3.63) is 17.0 Å². The van der Waals surface area contributed by atoms with Crippen LogP contribution in [0.3, 0.4) is 0 Å². The summed E-state index contributed by atoms with van der Waals surface area (Å²) in [5, 5.41) is 3.86. The number of aromatic nitrogens is 1. The van der Waals surface area contributed by atoms with Gasteiger partial charge in [-0.2, -0.15) is 4.31 Å². The summed E-state index contributed by atoms with van der Waals surface area (Å²) in [6.07, 6.45) is 2.77. The van der Waals surface area contributed by atoms with Crippen molar-refractivity contribution in [2.45, 2.75) is 32.7 Å². The first-order chi connectivity index (χ1) is 13.3. The van der Waals surface area contributed by atoms with Gasteiger partial charge in [-0.25, -0.2) is 8.42 Å². The molecule has 3 rings (SSSR count). The van der Waals surface area contributed by atoms with Crippen molar-refractivity contribution in [2.75, 3.05) is 58.7 Å². The topological polar surface area (TPSA) is 96.2 Å². The molecule has 2 saturated heterocycles. The van der Waals surface area contributed by atoms with Gasteiger partial charge in [0, 0.05) is 45.3 Å². The van der Waals surface area contributed by atoms with Crippen LogP contribution in [0.25, 0.3) is 0 Å². The second kappa shape index (κ2) is 8.89. The monoisotopic (exact) mass is 414 g/mol.